The maximum Gasteiger partial charge on any atom is 0.416 e. The van der Waals surface area contributed by atoms with Gasteiger partial charge >= 0.3 is 6.18 Å². The van der Waals surface area contributed by atoms with E-state index in [1.807, 2.05) is 0 Å². The van der Waals surface area contributed by atoms with Crippen LogP contribution in [0.3, 0.4) is 0 Å². The molecule has 21 heavy (non-hydrogen) atoms. The molecule has 0 aliphatic heterocycles. The molecule has 0 amide bonds. The number of nitrogens with two attached hydrogens (primary N) is 2. The topological polar surface area (TPSA) is 102 Å². The molecule has 0 saturated carbocycles. The van der Waals surface area contributed by atoms with Crippen molar-refractivity contribution in [2.24, 2.45) is 0 Å². The van der Waals surface area contributed by atoms with Crippen LogP contribution in [-0.2, 0) is 6.18 Å². The third kappa shape index (κ3) is 3.55. The van der Waals surface area contributed by atoms with Crippen molar-refractivity contribution in [2.75, 3.05) is 11.5 Å². The van der Waals surface area contributed by atoms with E-state index in [1.165, 1.54) is 12.1 Å². The van der Waals surface area contributed by atoms with E-state index in [4.69, 9.17) is 16.7 Å². The first-order valence-electron chi connectivity index (χ1n) is 5.49. The van der Waals surface area contributed by atoms with Crippen molar-refractivity contribution in [1.82, 2.24) is 9.97 Å². The molecule has 0 atom stereocenters. The highest BCUT2D eigenvalue weighted by Gasteiger charge is 2.31. The zero-order valence-electron chi connectivity index (χ0n) is 10.3. The molecule has 0 unspecified atom stereocenters. The lowest BCUT2D eigenvalue weighted by Gasteiger charge is -2.09. The fraction of sp³-hybridized carbons (Fsp3) is 0.0833. The Kier molecular flexibility index (Phi) is 3.90. The second kappa shape index (κ2) is 5.49. The van der Waals surface area contributed by atoms with E-state index in [0.29, 0.717) is 0 Å². The van der Waals surface area contributed by atoms with E-state index in [0.717, 1.165) is 23.9 Å². The van der Waals surface area contributed by atoms with Gasteiger partial charge in [-0.15, -0.1) is 0 Å². The van der Waals surface area contributed by atoms with Crippen LogP contribution in [0.4, 0.5) is 24.8 Å². The van der Waals surface area contributed by atoms with Crippen LogP contribution >= 0.6 is 11.8 Å². The van der Waals surface area contributed by atoms with Crippen molar-refractivity contribution in [3.05, 3.63) is 35.4 Å². The van der Waals surface area contributed by atoms with E-state index >= 15 is 0 Å². The van der Waals surface area contributed by atoms with Gasteiger partial charge in [0.05, 0.1) is 11.1 Å². The average Bonchev–Trinajstić information content (AvgIpc) is 2.36. The maximum atomic E-state index is 12.6. The van der Waals surface area contributed by atoms with Crippen LogP contribution in [0.15, 0.2) is 34.3 Å². The SMILES string of the molecule is N#Cc1cc(C(F)(F)F)ccc1Sc1nc(N)cc(N)n1. The molecule has 0 spiro atoms. The molecule has 4 N–H and O–H groups in total. The number of anilines is 2. The number of rotatable bonds is 2. The molecule has 0 saturated heterocycles. The summed E-state index contributed by atoms with van der Waals surface area (Å²) in [6, 6.07) is 5.92. The average molecular weight is 311 g/mol. The molecule has 2 aromatic rings. The lowest BCUT2D eigenvalue weighted by atomic mass is 10.1. The van der Waals surface area contributed by atoms with Gasteiger partial charge in [0.15, 0.2) is 5.16 Å². The van der Waals surface area contributed by atoms with Crippen molar-refractivity contribution in [3.63, 3.8) is 0 Å². The molecule has 1 heterocycles. The van der Waals surface area contributed by atoms with Crippen LogP contribution in [0, 0.1) is 11.3 Å². The molecule has 0 radical (unpaired) electrons. The Morgan fingerprint density at radius 3 is 2.24 bits per heavy atom. The molecule has 108 valence electrons. The monoisotopic (exact) mass is 311 g/mol. The molecule has 2 rings (SSSR count). The second-order valence-electron chi connectivity index (χ2n) is 3.92. The number of alkyl halides is 3. The Hall–Kier alpha value is -2.47. The van der Waals surface area contributed by atoms with Crippen LogP contribution in [-0.4, -0.2) is 9.97 Å². The summed E-state index contributed by atoms with van der Waals surface area (Å²) in [6.07, 6.45) is -4.51. The van der Waals surface area contributed by atoms with Crippen LogP contribution in [0.2, 0.25) is 0 Å². The van der Waals surface area contributed by atoms with Gasteiger partial charge in [-0.1, -0.05) is 0 Å². The number of nitriles is 1. The standard InChI is InChI=1S/C12H8F3N5S/c13-12(14,15)7-1-2-8(6(3-7)5-16)21-11-19-9(17)4-10(18)20-11/h1-4H,(H4,17,18,19,20). The summed E-state index contributed by atoms with van der Waals surface area (Å²) in [4.78, 5) is 8.08. The predicted octanol–water partition coefficient (Wildman–Crippen LogP) is 2.68. The lowest BCUT2D eigenvalue weighted by Crippen LogP contribution is -2.05. The Balaban J connectivity index is 2.39. The van der Waals surface area contributed by atoms with Crippen LogP contribution in [0.25, 0.3) is 0 Å². The van der Waals surface area contributed by atoms with E-state index in [-0.39, 0.29) is 27.3 Å². The zero-order valence-corrected chi connectivity index (χ0v) is 11.2. The first-order chi connectivity index (χ1) is 9.79. The van der Waals surface area contributed by atoms with Crippen molar-refractivity contribution in [1.29, 1.82) is 5.26 Å². The van der Waals surface area contributed by atoms with Crippen LogP contribution in [0.1, 0.15) is 11.1 Å². The zero-order chi connectivity index (χ0) is 15.6. The molecule has 5 nitrogen and oxygen atoms in total. The number of hydrogen-bond donors (Lipinski definition) is 2. The third-order valence-electron chi connectivity index (χ3n) is 2.37. The molecule has 1 aromatic heterocycles. The summed E-state index contributed by atoms with van der Waals surface area (Å²) in [6.45, 7) is 0. The van der Waals surface area contributed by atoms with Gasteiger partial charge in [-0.25, -0.2) is 9.97 Å². The summed E-state index contributed by atoms with van der Waals surface area (Å²) < 4.78 is 37.8. The summed E-state index contributed by atoms with van der Waals surface area (Å²) in [7, 11) is 0. The van der Waals surface area contributed by atoms with Crippen LogP contribution in [0.5, 0.6) is 0 Å². The van der Waals surface area contributed by atoms with Crippen molar-refractivity contribution in [2.45, 2.75) is 16.2 Å². The Morgan fingerprint density at radius 1 is 1.10 bits per heavy atom. The number of hydrogen-bond acceptors (Lipinski definition) is 6. The molecular weight excluding hydrogens is 303 g/mol. The fourth-order valence-electron chi connectivity index (χ4n) is 1.49. The molecule has 0 fully saturated rings. The molecule has 9 heteroatoms. The summed E-state index contributed by atoms with van der Waals surface area (Å²) in [5.41, 5.74) is 10.00. The van der Waals surface area contributed by atoms with Crippen molar-refractivity contribution < 1.29 is 13.2 Å². The van der Waals surface area contributed by atoms with Crippen molar-refractivity contribution >= 4 is 23.4 Å². The van der Waals surface area contributed by atoms with Gasteiger partial charge in [0, 0.05) is 11.0 Å². The predicted molar refractivity (Wildman–Crippen MR) is 71.1 cm³/mol. The minimum Gasteiger partial charge on any atom is -0.383 e. The highest BCUT2D eigenvalue weighted by atomic mass is 32.2. The molecule has 0 aliphatic carbocycles. The number of aromatic nitrogens is 2. The van der Waals surface area contributed by atoms with Gasteiger partial charge in [0.2, 0.25) is 0 Å². The number of benzene rings is 1. The largest absolute Gasteiger partial charge is 0.416 e. The van der Waals surface area contributed by atoms with E-state index in [1.54, 1.807) is 6.07 Å². The van der Waals surface area contributed by atoms with Gasteiger partial charge in [-0.3, -0.25) is 0 Å². The first-order valence-corrected chi connectivity index (χ1v) is 6.30. The van der Waals surface area contributed by atoms with Gasteiger partial charge in [-0.2, -0.15) is 18.4 Å². The fourth-order valence-corrected chi connectivity index (χ4v) is 2.34. The maximum absolute atomic E-state index is 12.6. The minimum absolute atomic E-state index is 0.126. The number of nitrogen functional groups attached to an aromatic ring is 2. The lowest BCUT2D eigenvalue weighted by molar-refractivity contribution is -0.137. The Labute approximate surface area is 121 Å². The quantitative estimate of drug-likeness (QED) is 0.827. The van der Waals surface area contributed by atoms with Gasteiger partial charge in [-0.05, 0) is 30.0 Å². The minimum atomic E-state index is -4.51. The van der Waals surface area contributed by atoms with Crippen molar-refractivity contribution in [3.8, 4) is 6.07 Å². The highest BCUT2D eigenvalue weighted by Crippen LogP contribution is 2.34. The normalized spacial score (nSPS) is 11.1. The molecular formula is C12H8F3N5S. The van der Waals surface area contributed by atoms with E-state index in [2.05, 4.69) is 9.97 Å². The molecule has 1 aromatic carbocycles. The Bertz CT molecular complexity index is 704. The third-order valence-corrected chi connectivity index (χ3v) is 3.31. The highest BCUT2D eigenvalue weighted by molar-refractivity contribution is 7.99. The summed E-state index contributed by atoms with van der Waals surface area (Å²) >= 11 is 0.914. The van der Waals surface area contributed by atoms with Crippen LogP contribution < -0.4 is 11.5 Å². The van der Waals surface area contributed by atoms with E-state index < -0.39 is 11.7 Å². The van der Waals surface area contributed by atoms with Gasteiger partial charge in [0.25, 0.3) is 0 Å². The second-order valence-corrected chi connectivity index (χ2v) is 4.93. The van der Waals surface area contributed by atoms with Gasteiger partial charge < -0.3 is 11.5 Å². The van der Waals surface area contributed by atoms with E-state index in [9.17, 15) is 13.2 Å². The Morgan fingerprint density at radius 2 is 1.71 bits per heavy atom. The number of halogens is 3. The smallest absolute Gasteiger partial charge is 0.383 e. The first kappa shape index (κ1) is 14.9. The van der Waals surface area contributed by atoms with Gasteiger partial charge in [0.1, 0.15) is 17.7 Å². The molecule has 0 aliphatic rings. The summed E-state index contributed by atoms with van der Waals surface area (Å²) in [5.74, 6) is 0.269. The summed E-state index contributed by atoms with van der Waals surface area (Å²) in [5, 5.41) is 9.13. The number of nitrogens with zero attached hydrogens (tertiary/aromatic N) is 3. The molecule has 0 bridgehead atoms.